The third-order valence-corrected chi connectivity index (χ3v) is 4.32. The zero-order valence-electron chi connectivity index (χ0n) is 12.5. The van der Waals surface area contributed by atoms with Crippen LogP contribution in [0.4, 0.5) is 0 Å². The molecule has 1 atom stereocenters. The van der Waals surface area contributed by atoms with E-state index in [0.29, 0.717) is 26.9 Å². The fourth-order valence-electron chi connectivity index (χ4n) is 2.71. The van der Waals surface area contributed by atoms with Gasteiger partial charge in [0, 0.05) is 21.7 Å². The SMILES string of the molecule is COC(=O)C1=C(N)Oc2cc(O)ccc2C1c1ccc(Cl)cc1Cl. The Bertz CT molecular complexity index is 864. The van der Waals surface area contributed by atoms with Crippen molar-refractivity contribution < 1.29 is 19.4 Å². The van der Waals surface area contributed by atoms with Crippen molar-refractivity contribution in [3.05, 3.63) is 69.0 Å². The molecule has 3 N–H and O–H groups in total. The van der Waals surface area contributed by atoms with Crippen LogP contribution in [0, 0.1) is 0 Å². The van der Waals surface area contributed by atoms with Gasteiger partial charge in [-0.25, -0.2) is 4.79 Å². The number of hydrogen-bond acceptors (Lipinski definition) is 5. The zero-order chi connectivity index (χ0) is 17.4. The van der Waals surface area contributed by atoms with Crippen molar-refractivity contribution >= 4 is 29.2 Å². The number of phenolic OH excluding ortho intramolecular Hbond substituents is 1. The van der Waals surface area contributed by atoms with Crippen LogP contribution in [0.2, 0.25) is 10.0 Å². The molecular formula is C17H13Cl2NO4. The maximum Gasteiger partial charge on any atom is 0.340 e. The monoisotopic (exact) mass is 365 g/mol. The Morgan fingerprint density at radius 2 is 1.92 bits per heavy atom. The summed E-state index contributed by atoms with van der Waals surface area (Å²) in [6.45, 7) is 0. The van der Waals surface area contributed by atoms with Gasteiger partial charge in [0.05, 0.1) is 13.0 Å². The quantitative estimate of drug-likeness (QED) is 0.795. The maximum atomic E-state index is 12.3. The largest absolute Gasteiger partial charge is 0.508 e. The minimum atomic E-state index is -0.623. The number of methoxy groups -OCH3 is 1. The number of carbonyl (C=O) groups excluding carboxylic acids is 1. The summed E-state index contributed by atoms with van der Waals surface area (Å²) in [5.74, 6) is -0.968. The summed E-state index contributed by atoms with van der Waals surface area (Å²) in [4.78, 5) is 12.3. The summed E-state index contributed by atoms with van der Waals surface area (Å²) >= 11 is 12.3. The molecule has 3 rings (SSSR count). The third-order valence-electron chi connectivity index (χ3n) is 3.76. The van der Waals surface area contributed by atoms with E-state index < -0.39 is 11.9 Å². The van der Waals surface area contributed by atoms with Crippen LogP contribution in [0.5, 0.6) is 11.5 Å². The molecule has 0 saturated carbocycles. The van der Waals surface area contributed by atoms with Crippen LogP contribution >= 0.6 is 23.2 Å². The van der Waals surface area contributed by atoms with E-state index >= 15 is 0 Å². The van der Waals surface area contributed by atoms with Gasteiger partial charge in [0.15, 0.2) is 0 Å². The molecule has 0 saturated heterocycles. The van der Waals surface area contributed by atoms with Gasteiger partial charge in [0.1, 0.15) is 17.1 Å². The van der Waals surface area contributed by atoms with Gasteiger partial charge in [-0.05, 0) is 23.8 Å². The first-order valence-electron chi connectivity index (χ1n) is 6.96. The van der Waals surface area contributed by atoms with Gasteiger partial charge >= 0.3 is 5.97 Å². The lowest BCUT2D eigenvalue weighted by Gasteiger charge is -2.28. The predicted molar refractivity (Wildman–Crippen MR) is 90.3 cm³/mol. The first-order valence-corrected chi connectivity index (χ1v) is 7.71. The number of fused-ring (bicyclic) bond motifs is 1. The van der Waals surface area contributed by atoms with Crippen LogP contribution < -0.4 is 10.5 Å². The van der Waals surface area contributed by atoms with Gasteiger partial charge in [0.25, 0.3) is 0 Å². The molecule has 2 aromatic rings. The van der Waals surface area contributed by atoms with Gasteiger partial charge in [-0.15, -0.1) is 0 Å². The lowest BCUT2D eigenvalue weighted by atomic mass is 9.83. The molecule has 0 fully saturated rings. The van der Waals surface area contributed by atoms with Crippen LogP contribution in [0.15, 0.2) is 47.9 Å². The highest BCUT2D eigenvalue weighted by atomic mass is 35.5. The molecule has 0 amide bonds. The van der Waals surface area contributed by atoms with E-state index in [2.05, 4.69) is 0 Å². The molecular weight excluding hydrogens is 353 g/mol. The molecule has 2 aromatic carbocycles. The fourth-order valence-corrected chi connectivity index (χ4v) is 3.23. The molecule has 1 unspecified atom stereocenters. The average molecular weight is 366 g/mol. The highest BCUT2D eigenvalue weighted by Crippen LogP contribution is 2.45. The Hall–Kier alpha value is -2.37. The molecule has 0 aliphatic carbocycles. The number of ether oxygens (including phenoxy) is 2. The Labute approximate surface area is 148 Å². The van der Waals surface area contributed by atoms with Crippen molar-refractivity contribution in [3.8, 4) is 11.5 Å². The van der Waals surface area contributed by atoms with E-state index in [-0.39, 0.29) is 17.2 Å². The third kappa shape index (κ3) is 2.77. The van der Waals surface area contributed by atoms with Crippen molar-refractivity contribution in [1.82, 2.24) is 0 Å². The second-order valence-corrected chi connectivity index (χ2v) is 6.04. The Morgan fingerprint density at radius 1 is 1.21 bits per heavy atom. The highest BCUT2D eigenvalue weighted by molar-refractivity contribution is 6.35. The molecule has 5 nitrogen and oxygen atoms in total. The zero-order valence-corrected chi connectivity index (χ0v) is 14.1. The Kier molecular flexibility index (Phi) is 4.30. The van der Waals surface area contributed by atoms with Crippen molar-refractivity contribution in [1.29, 1.82) is 0 Å². The molecule has 0 radical (unpaired) electrons. The summed E-state index contributed by atoms with van der Waals surface area (Å²) in [7, 11) is 1.26. The van der Waals surface area contributed by atoms with E-state index in [1.807, 2.05) is 0 Å². The standard InChI is InChI=1S/C17H13Cl2NO4/c1-23-17(22)15-14(10-4-2-8(18)6-12(10)19)11-5-3-9(21)7-13(11)24-16(15)20/h2-7,14,21H,20H2,1H3. The number of hydrogen-bond donors (Lipinski definition) is 2. The van der Waals surface area contributed by atoms with Gasteiger partial charge in [-0.3, -0.25) is 0 Å². The molecule has 1 aliphatic heterocycles. The number of nitrogens with two attached hydrogens (primary N) is 1. The van der Waals surface area contributed by atoms with Crippen molar-refractivity contribution in [2.45, 2.75) is 5.92 Å². The van der Waals surface area contributed by atoms with Gasteiger partial charge in [-0.1, -0.05) is 35.3 Å². The maximum absolute atomic E-state index is 12.3. The smallest absolute Gasteiger partial charge is 0.340 e. The summed E-state index contributed by atoms with van der Waals surface area (Å²) in [6.07, 6.45) is 0. The van der Waals surface area contributed by atoms with Gasteiger partial charge < -0.3 is 20.3 Å². The van der Waals surface area contributed by atoms with Crippen molar-refractivity contribution in [3.63, 3.8) is 0 Å². The Morgan fingerprint density at radius 3 is 2.58 bits per heavy atom. The average Bonchev–Trinajstić information content (AvgIpc) is 2.53. The first kappa shape index (κ1) is 16.5. The second-order valence-electron chi connectivity index (χ2n) is 5.19. The summed E-state index contributed by atoms with van der Waals surface area (Å²) in [5.41, 5.74) is 7.33. The number of halogens is 2. The molecule has 124 valence electrons. The summed E-state index contributed by atoms with van der Waals surface area (Å²) in [5, 5.41) is 10.5. The Balaban J connectivity index is 2.27. The highest BCUT2D eigenvalue weighted by Gasteiger charge is 2.36. The second kappa shape index (κ2) is 6.26. The van der Waals surface area contributed by atoms with Crippen LogP contribution in [0.1, 0.15) is 17.0 Å². The number of esters is 1. The number of benzene rings is 2. The molecule has 0 bridgehead atoms. The van der Waals surface area contributed by atoms with Gasteiger partial charge in [0.2, 0.25) is 5.88 Å². The van der Waals surface area contributed by atoms with Crippen LogP contribution in [-0.2, 0) is 9.53 Å². The summed E-state index contributed by atoms with van der Waals surface area (Å²) < 4.78 is 10.3. The molecule has 24 heavy (non-hydrogen) atoms. The summed E-state index contributed by atoms with van der Waals surface area (Å²) in [6, 6.07) is 9.54. The molecule has 1 heterocycles. The molecule has 1 aliphatic rings. The van der Waals surface area contributed by atoms with E-state index in [1.165, 1.54) is 19.2 Å². The van der Waals surface area contributed by atoms with Gasteiger partial charge in [-0.2, -0.15) is 0 Å². The topological polar surface area (TPSA) is 81.8 Å². The minimum absolute atomic E-state index is 0.0176. The van der Waals surface area contributed by atoms with E-state index in [1.54, 1.807) is 24.3 Å². The van der Waals surface area contributed by atoms with Crippen molar-refractivity contribution in [2.24, 2.45) is 5.73 Å². The van der Waals surface area contributed by atoms with E-state index in [0.717, 1.165) is 0 Å². The van der Waals surface area contributed by atoms with E-state index in [4.69, 9.17) is 38.4 Å². The molecule has 0 aromatic heterocycles. The minimum Gasteiger partial charge on any atom is -0.508 e. The fraction of sp³-hybridized carbons (Fsp3) is 0.118. The van der Waals surface area contributed by atoms with Crippen molar-refractivity contribution in [2.75, 3.05) is 7.11 Å². The number of phenols is 1. The predicted octanol–water partition coefficient (Wildman–Crippen LogP) is 3.57. The molecule has 0 spiro atoms. The number of rotatable bonds is 2. The first-order chi connectivity index (χ1) is 11.4. The molecule has 7 heteroatoms. The van der Waals surface area contributed by atoms with Crippen LogP contribution in [-0.4, -0.2) is 18.2 Å². The van der Waals surface area contributed by atoms with E-state index in [9.17, 15) is 9.90 Å². The van der Waals surface area contributed by atoms with Crippen LogP contribution in [0.25, 0.3) is 0 Å². The lowest BCUT2D eigenvalue weighted by molar-refractivity contribution is -0.136. The number of carbonyl (C=O) groups is 1. The normalized spacial score (nSPS) is 16.4. The number of aromatic hydroxyl groups is 1. The van der Waals surface area contributed by atoms with Crippen LogP contribution in [0.3, 0.4) is 0 Å². The lowest BCUT2D eigenvalue weighted by Crippen LogP contribution is -2.27.